The molecule has 0 amide bonds. The number of hydrogen-bond acceptors (Lipinski definition) is 1. The van der Waals surface area contributed by atoms with Gasteiger partial charge in [-0.25, -0.2) is 0 Å². The van der Waals surface area contributed by atoms with Crippen molar-refractivity contribution in [2.75, 3.05) is 0 Å². The maximum atomic E-state index is 5.00. The number of H-pyrrole nitrogens is 2. The molecule has 1 aromatic heterocycles. The molecule has 0 aliphatic heterocycles. The van der Waals surface area contributed by atoms with Gasteiger partial charge in [0.2, 0.25) is 0 Å². The van der Waals surface area contributed by atoms with Crippen LogP contribution in [0.3, 0.4) is 0 Å². The van der Waals surface area contributed by atoms with Crippen LogP contribution in [0.2, 0.25) is 0 Å². The van der Waals surface area contributed by atoms with Gasteiger partial charge in [-0.05, 0) is 30.6 Å². The van der Waals surface area contributed by atoms with Crippen LogP contribution in [0.4, 0.5) is 0 Å². The van der Waals surface area contributed by atoms with E-state index < -0.39 is 0 Å². The van der Waals surface area contributed by atoms with Crippen molar-refractivity contribution in [3.8, 4) is 0 Å². The van der Waals surface area contributed by atoms with Crippen molar-refractivity contribution in [2.45, 2.75) is 18.8 Å². The molecule has 1 unspecified atom stereocenters. The van der Waals surface area contributed by atoms with Crippen LogP contribution in [0.15, 0.2) is 6.08 Å². The van der Waals surface area contributed by atoms with E-state index in [1.807, 2.05) is 0 Å². The third-order valence-electron chi connectivity index (χ3n) is 2.59. The third kappa shape index (κ3) is 0.554. The molecule has 0 radical (unpaired) electrons. The van der Waals surface area contributed by atoms with E-state index >= 15 is 0 Å². The maximum absolute atomic E-state index is 5.00. The molecule has 0 spiro atoms. The second-order valence-electron chi connectivity index (χ2n) is 3.16. The highest BCUT2D eigenvalue weighted by molar-refractivity contribution is 7.71. The summed E-state index contributed by atoms with van der Waals surface area (Å²) >= 11 is 5.00. The topological polar surface area (TPSA) is 31.6 Å². The van der Waals surface area contributed by atoms with Gasteiger partial charge in [0.05, 0.1) is 5.69 Å². The van der Waals surface area contributed by atoms with Gasteiger partial charge in [-0.15, -0.1) is 0 Å². The summed E-state index contributed by atoms with van der Waals surface area (Å²) in [5.41, 5.74) is 4.07. The van der Waals surface area contributed by atoms with E-state index in [2.05, 4.69) is 16.0 Å². The molecule has 2 nitrogen and oxygen atoms in total. The monoisotopic (exact) mass is 164 g/mol. The van der Waals surface area contributed by atoms with Crippen molar-refractivity contribution in [1.29, 1.82) is 0 Å². The fraction of sp³-hybridized carbons (Fsp3) is 0.375. The van der Waals surface area contributed by atoms with Gasteiger partial charge < -0.3 is 9.97 Å². The normalized spacial score (nSPS) is 25.5. The Kier molecular flexibility index (Phi) is 0.874. The fourth-order valence-corrected chi connectivity index (χ4v) is 2.30. The summed E-state index contributed by atoms with van der Waals surface area (Å²) in [6.45, 7) is 0. The number of nitrogens with one attached hydrogen (secondary N) is 2. The second-order valence-corrected chi connectivity index (χ2v) is 3.57. The van der Waals surface area contributed by atoms with Gasteiger partial charge in [-0.3, -0.25) is 0 Å². The number of fused-ring (bicyclic) bond motifs is 4. The van der Waals surface area contributed by atoms with Crippen molar-refractivity contribution in [1.82, 2.24) is 9.97 Å². The maximum Gasteiger partial charge on any atom is 0.175 e. The molecule has 1 atom stereocenters. The highest BCUT2D eigenvalue weighted by Gasteiger charge is 2.36. The van der Waals surface area contributed by atoms with Gasteiger partial charge in [0.15, 0.2) is 4.77 Å². The van der Waals surface area contributed by atoms with Crippen molar-refractivity contribution >= 4 is 17.8 Å². The van der Waals surface area contributed by atoms with Crippen LogP contribution in [-0.4, -0.2) is 9.97 Å². The molecule has 11 heavy (non-hydrogen) atoms. The number of rotatable bonds is 0. The average Bonchev–Trinajstić information content (AvgIpc) is 2.49. The molecule has 2 aliphatic carbocycles. The molecule has 3 rings (SSSR count). The molecular weight excluding hydrogens is 156 g/mol. The number of imidazole rings is 1. The Balaban J connectivity index is 2.30. The highest BCUT2D eigenvalue weighted by Crippen LogP contribution is 2.50. The second kappa shape index (κ2) is 1.67. The van der Waals surface area contributed by atoms with E-state index in [1.165, 1.54) is 29.8 Å². The molecule has 2 N–H and O–H groups in total. The minimum absolute atomic E-state index is 0.679. The fourth-order valence-electron chi connectivity index (χ4n) is 2.09. The first-order valence-corrected chi connectivity index (χ1v) is 4.29. The first kappa shape index (κ1) is 5.77. The summed E-state index contributed by atoms with van der Waals surface area (Å²) in [7, 11) is 0. The van der Waals surface area contributed by atoms with Crippen LogP contribution in [0, 0.1) is 4.77 Å². The lowest BCUT2D eigenvalue weighted by Crippen LogP contribution is -2.11. The van der Waals surface area contributed by atoms with Crippen LogP contribution >= 0.6 is 12.2 Å². The predicted octanol–water partition coefficient (Wildman–Crippen LogP) is 2.35. The van der Waals surface area contributed by atoms with Crippen molar-refractivity contribution in [2.24, 2.45) is 0 Å². The van der Waals surface area contributed by atoms with Crippen molar-refractivity contribution < 1.29 is 0 Å². The zero-order valence-corrected chi connectivity index (χ0v) is 6.79. The van der Waals surface area contributed by atoms with Gasteiger partial charge in [0.25, 0.3) is 0 Å². The smallest absolute Gasteiger partial charge is 0.175 e. The Hall–Kier alpha value is -0.830. The quantitative estimate of drug-likeness (QED) is 0.567. The van der Waals surface area contributed by atoms with Gasteiger partial charge in [-0.1, -0.05) is 6.08 Å². The van der Waals surface area contributed by atoms with Crippen molar-refractivity contribution in [3.63, 3.8) is 0 Å². The van der Waals surface area contributed by atoms with Crippen LogP contribution in [-0.2, 0) is 0 Å². The SMILES string of the molecule is S=c1[nH]c2c([nH]1)C1CCC=C21. The molecule has 0 fully saturated rings. The van der Waals surface area contributed by atoms with E-state index in [4.69, 9.17) is 12.2 Å². The number of aromatic amines is 2. The van der Waals surface area contributed by atoms with E-state index in [-0.39, 0.29) is 0 Å². The molecular formula is C8H8N2S. The summed E-state index contributed by atoms with van der Waals surface area (Å²) in [4.78, 5) is 6.34. The van der Waals surface area contributed by atoms with Crippen LogP contribution in [0.1, 0.15) is 30.1 Å². The van der Waals surface area contributed by atoms with E-state index in [1.54, 1.807) is 0 Å². The largest absolute Gasteiger partial charge is 0.334 e. The first-order valence-electron chi connectivity index (χ1n) is 3.89. The van der Waals surface area contributed by atoms with E-state index in [0.717, 1.165) is 4.77 Å². The standard InChI is InChI=1S/C8H8N2S/c11-8-9-6-4-2-1-3-5(4)7(6)10-8/h2,5H,1,3H2,(H2,9,10,11). The van der Waals surface area contributed by atoms with E-state index in [0.29, 0.717) is 5.92 Å². The van der Waals surface area contributed by atoms with Crippen LogP contribution < -0.4 is 0 Å². The third-order valence-corrected chi connectivity index (χ3v) is 2.79. The van der Waals surface area contributed by atoms with Crippen LogP contribution in [0.25, 0.3) is 5.57 Å². The number of allylic oxidation sites excluding steroid dienone is 2. The Morgan fingerprint density at radius 1 is 1.45 bits per heavy atom. The molecule has 0 aromatic carbocycles. The summed E-state index contributed by atoms with van der Waals surface area (Å²) in [6.07, 6.45) is 4.81. The van der Waals surface area contributed by atoms with Gasteiger partial charge in [-0.2, -0.15) is 0 Å². The minimum Gasteiger partial charge on any atom is -0.334 e. The zero-order chi connectivity index (χ0) is 7.42. The lowest BCUT2D eigenvalue weighted by molar-refractivity contribution is 0.753. The summed E-state index contributed by atoms with van der Waals surface area (Å²) < 4.78 is 0.769. The number of aromatic nitrogens is 2. The molecule has 56 valence electrons. The molecule has 2 aliphatic rings. The Morgan fingerprint density at radius 2 is 2.36 bits per heavy atom. The van der Waals surface area contributed by atoms with E-state index in [9.17, 15) is 0 Å². The molecule has 1 heterocycles. The van der Waals surface area contributed by atoms with Gasteiger partial charge in [0, 0.05) is 11.6 Å². The zero-order valence-electron chi connectivity index (χ0n) is 5.98. The molecule has 0 saturated carbocycles. The molecule has 3 heteroatoms. The summed E-state index contributed by atoms with van der Waals surface area (Å²) in [6, 6.07) is 0. The average molecular weight is 164 g/mol. The predicted molar refractivity (Wildman–Crippen MR) is 45.9 cm³/mol. The highest BCUT2D eigenvalue weighted by atomic mass is 32.1. The molecule has 1 aromatic rings. The first-order chi connectivity index (χ1) is 5.36. The lowest BCUT2D eigenvalue weighted by Gasteiger charge is -2.24. The molecule has 0 saturated heterocycles. The Morgan fingerprint density at radius 3 is 3.27 bits per heavy atom. The molecule has 0 bridgehead atoms. The summed E-state index contributed by atoms with van der Waals surface area (Å²) in [5.74, 6) is 0.679. The minimum atomic E-state index is 0.679. The Labute approximate surface area is 69.3 Å². The lowest BCUT2D eigenvalue weighted by atomic mass is 9.83. The summed E-state index contributed by atoms with van der Waals surface area (Å²) in [5, 5.41) is 0. The van der Waals surface area contributed by atoms with Gasteiger partial charge in [0.1, 0.15) is 0 Å². The van der Waals surface area contributed by atoms with Crippen LogP contribution in [0.5, 0.6) is 0 Å². The Bertz CT molecular complexity index is 396. The van der Waals surface area contributed by atoms with Gasteiger partial charge >= 0.3 is 0 Å². The number of hydrogen-bond donors (Lipinski definition) is 2. The van der Waals surface area contributed by atoms with Crippen molar-refractivity contribution in [3.05, 3.63) is 22.2 Å².